The van der Waals surface area contributed by atoms with Gasteiger partial charge in [-0.15, -0.1) is 0 Å². The van der Waals surface area contributed by atoms with Crippen LogP contribution in [0.15, 0.2) is 77.7 Å². The Labute approximate surface area is 156 Å². The molecule has 7 heteroatoms. The Morgan fingerprint density at radius 2 is 1.37 bits per heavy atom. The quantitative estimate of drug-likeness (QED) is 0.631. The van der Waals surface area contributed by atoms with Crippen LogP contribution in [0.1, 0.15) is 11.1 Å². The average molecular weight is 390 g/mol. The van der Waals surface area contributed by atoms with E-state index >= 15 is 0 Å². The van der Waals surface area contributed by atoms with E-state index in [1.165, 1.54) is 12.1 Å². The van der Waals surface area contributed by atoms with Gasteiger partial charge < -0.3 is 9.50 Å². The highest BCUT2D eigenvalue weighted by Crippen LogP contribution is 2.22. The average Bonchev–Trinajstić information content (AvgIpc) is 2.65. The Bertz CT molecular complexity index is 1000. The van der Waals surface area contributed by atoms with Crippen molar-refractivity contribution in [2.45, 2.75) is 18.0 Å². The fourth-order valence-corrected chi connectivity index (χ4v) is 3.50. The van der Waals surface area contributed by atoms with Gasteiger partial charge in [-0.1, -0.05) is 24.3 Å². The second-order valence-electron chi connectivity index (χ2n) is 5.92. The molecule has 3 rings (SSSR count). The van der Waals surface area contributed by atoms with E-state index in [0.717, 1.165) is 29.8 Å². The SMILES string of the molecule is O=S(=O)(Oc1ccccc1C[NH2+]Cc1ccc(F)cc1)c1ccc(F)cc1. The van der Waals surface area contributed by atoms with Gasteiger partial charge in [0, 0.05) is 11.1 Å². The molecule has 0 fully saturated rings. The van der Waals surface area contributed by atoms with Gasteiger partial charge in [-0.3, -0.25) is 0 Å². The van der Waals surface area contributed by atoms with Crippen LogP contribution in [0.5, 0.6) is 5.75 Å². The van der Waals surface area contributed by atoms with Crippen LogP contribution < -0.4 is 9.50 Å². The lowest BCUT2D eigenvalue weighted by molar-refractivity contribution is -0.686. The summed E-state index contributed by atoms with van der Waals surface area (Å²) in [7, 11) is -4.06. The number of benzene rings is 3. The molecule has 0 aliphatic rings. The van der Waals surface area contributed by atoms with Crippen molar-refractivity contribution in [3.63, 3.8) is 0 Å². The number of nitrogens with two attached hydrogens (primary N) is 1. The fourth-order valence-electron chi connectivity index (χ4n) is 2.54. The van der Waals surface area contributed by atoms with Crippen molar-refractivity contribution in [1.29, 1.82) is 0 Å². The van der Waals surface area contributed by atoms with Crippen molar-refractivity contribution in [2.24, 2.45) is 0 Å². The summed E-state index contributed by atoms with van der Waals surface area (Å²) in [4.78, 5) is -0.117. The lowest BCUT2D eigenvalue weighted by atomic mass is 10.2. The molecule has 0 spiro atoms. The van der Waals surface area contributed by atoms with E-state index in [1.54, 1.807) is 36.4 Å². The molecule has 0 aliphatic carbocycles. The third-order valence-electron chi connectivity index (χ3n) is 3.93. The molecule has 0 aromatic heterocycles. The summed E-state index contributed by atoms with van der Waals surface area (Å²) in [6.07, 6.45) is 0. The Kier molecular flexibility index (Phi) is 5.83. The van der Waals surface area contributed by atoms with Crippen LogP contribution in [-0.4, -0.2) is 8.42 Å². The van der Waals surface area contributed by atoms with E-state index in [2.05, 4.69) is 0 Å². The van der Waals surface area contributed by atoms with Crippen LogP contribution in [0.4, 0.5) is 8.78 Å². The van der Waals surface area contributed by atoms with Gasteiger partial charge in [0.05, 0.1) is 0 Å². The first-order chi connectivity index (χ1) is 12.9. The van der Waals surface area contributed by atoms with Gasteiger partial charge in [0.15, 0.2) is 5.75 Å². The van der Waals surface area contributed by atoms with Crippen LogP contribution in [0.3, 0.4) is 0 Å². The first kappa shape index (κ1) is 19.0. The van der Waals surface area contributed by atoms with Crippen LogP contribution in [0.25, 0.3) is 0 Å². The Morgan fingerprint density at radius 3 is 2.04 bits per heavy atom. The van der Waals surface area contributed by atoms with Gasteiger partial charge in [-0.2, -0.15) is 8.42 Å². The van der Waals surface area contributed by atoms with Gasteiger partial charge in [-0.25, -0.2) is 8.78 Å². The van der Waals surface area contributed by atoms with E-state index in [-0.39, 0.29) is 16.5 Å². The summed E-state index contributed by atoms with van der Waals surface area (Å²) in [6, 6.07) is 17.5. The minimum atomic E-state index is -4.06. The van der Waals surface area contributed by atoms with Gasteiger partial charge in [0.2, 0.25) is 0 Å². The number of para-hydroxylation sites is 1. The Balaban J connectivity index is 1.70. The molecule has 0 bridgehead atoms. The highest BCUT2D eigenvalue weighted by molar-refractivity contribution is 7.87. The molecule has 0 saturated heterocycles. The van der Waals surface area contributed by atoms with Gasteiger partial charge in [0.25, 0.3) is 0 Å². The third kappa shape index (κ3) is 5.12. The first-order valence-corrected chi connectivity index (χ1v) is 9.69. The zero-order valence-electron chi connectivity index (χ0n) is 14.3. The van der Waals surface area contributed by atoms with Gasteiger partial charge in [0.1, 0.15) is 29.6 Å². The maximum Gasteiger partial charge on any atom is 0.339 e. The van der Waals surface area contributed by atoms with Gasteiger partial charge in [-0.05, 0) is 48.5 Å². The highest BCUT2D eigenvalue weighted by Gasteiger charge is 2.19. The largest absolute Gasteiger partial charge is 0.378 e. The number of hydrogen-bond donors (Lipinski definition) is 1. The monoisotopic (exact) mass is 390 g/mol. The summed E-state index contributed by atoms with van der Waals surface area (Å²) in [5, 5.41) is 1.96. The van der Waals surface area contributed by atoms with E-state index in [9.17, 15) is 17.2 Å². The van der Waals surface area contributed by atoms with E-state index in [4.69, 9.17) is 4.18 Å². The lowest BCUT2D eigenvalue weighted by Crippen LogP contribution is -2.80. The molecule has 140 valence electrons. The molecule has 0 saturated carbocycles. The first-order valence-electron chi connectivity index (χ1n) is 8.28. The standard InChI is InChI=1S/C20H17F2NO3S/c21-17-7-5-15(6-8-17)13-23-14-16-3-1-2-4-20(16)26-27(24,25)19-11-9-18(22)10-12-19/h1-12,23H,13-14H2/p+1. The van der Waals surface area contributed by atoms with Crippen molar-refractivity contribution >= 4 is 10.1 Å². The van der Waals surface area contributed by atoms with Crippen molar-refractivity contribution < 1.29 is 26.7 Å². The normalized spacial score (nSPS) is 11.3. The van der Waals surface area contributed by atoms with E-state index in [0.29, 0.717) is 18.7 Å². The fraction of sp³-hybridized carbons (Fsp3) is 0.100. The number of hydrogen-bond acceptors (Lipinski definition) is 3. The minimum Gasteiger partial charge on any atom is -0.378 e. The second kappa shape index (κ2) is 8.28. The van der Waals surface area contributed by atoms with Crippen molar-refractivity contribution in [1.82, 2.24) is 0 Å². The summed E-state index contributed by atoms with van der Waals surface area (Å²) in [5.41, 5.74) is 1.65. The molecule has 0 amide bonds. The van der Waals surface area contributed by atoms with Crippen LogP contribution in [0.2, 0.25) is 0 Å². The van der Waals surface area contributed by atoms with Crippen LogP contribution >= 0.6 is 0 Å². The van der Waals surface area contributed by atoms with E-state index in [1.807, 2.05) is 5.32 Å². The van der Waals surface area contributed by atoms with E-state index < -0.39 is 15.9 Å². The molecule has 27 heavy (non-hydrogen) atoms. The van der Waals surface area contributed by atoms with Crippen molar-refractivity contribution in [2.75, 3.05) is 0 Å². The van der Waals surface area contributed by atoms with Crippen LogP contribution in [0, 0.1) is 11.6 Å². The topological polar surface area (TPSA) is 60.0 Å². The van der Waals surface area contributed by atoms with Crippen molar-refractivity contribution in [3.8, 4) is 5.75 Å². The molecule has 2 N–H and O–H groups in total. The minimum absolute atomic E-state index is 0.117. The predicted molar refractivity (Wildman–Crippen MR) is 96.4 cm³/mol. The molecule has 3 aromatic rings. The van der Waals surface area contributed by atoms with Crippen LogP contribution in [-0.2, 0) is 23.2 Å². The molecular weight excluding hydrogens is 372 g/mol. The molecule has 0 heterocycles. The summed E-state index contributed by atoms with van der Waals surface area (Å²) < 4.78 is 56.0. The molecule has 4 nitrogen and oxygen atoms in total. The summed E-state index contributed by atoms with van der Waals surface area (Å²) >= 11 is 0. The Morgan fingerprint density at radius 1 is 0.778 bits per heavy atom. The van der Waals surface area contributed by atoms with Gasteiger partial charge >= 0.3 is 10.1 Å². The smallest absolute Gasteiger partial charge is 0.339 e. The predicted octanol–water partition coefficient (Wildman–Crippen LogP) is 3.00. The second-order valence-corrected chi connectivity index (χ2v) is 7.47. The zero-order valence-corrected chi connectivity index (χ0v) is 15.1. The maximum absolute atomic E-state index is 13.0. The summed E-state index contributed by atoms with van der Waals surface area (Å²) in [5.74, 6) is -0.592. The molecule has 3 aromatic carbocycles. The number of rotatable bonds is 7. The highest BCUT2D eigenvalue weighted by atomic mass is 32.2. The van der Waals surface area contributed by atoms with Crippen molar-refractivity contribution in [3.05, 3.63) is 95.6 Å². The molecular formula is C20H18F2NO3S+. The zero-order chi connectivity index (χ0) is 19.3. The summed E-state index contributed by atoms with van der Waals surface area (Å²) in [6.45, 7) is 1.09. The Hall–Kier alpha value is -2.77. The molecule has 0 radical (unpaired) electrons. The number of quaternary nitrogens is 1. The molecule has 0 unspecified atom stereocenters. The lowest BCUT2D eigenvalue weighted by Gasteiger charge is -2.11. The third-order valence-corrected chi connectivity index (χ3v) is 5.18. The maximum atomic E-state index is 13.0. The molecule has 0 aliphatic heterocycles. The molecule has 0 atom stereocenters. The number of halogens is 2.